The highest BCUT2D eigenvalue weighted by atomic mass is 19.4. The fraction of sp³-hybridized carbons (Fsp3) is 0.357. The molecule has 5 rings (SSSR count). The van der Waals surface area contributed by atoms with Gasteiger partial charge in [-0.3, -0.25) is 14.6 Å². The first-order chi connectivity index (χ1) is 19.7. The van der Waals surface area contributed by atoms with Crippen LogP contribution in [0.2, 0.25) is 0 Å². The lowest BCUT2D eigenvalue weighted by atomic mass is 9.96. The summed E-state index contributed by atoms with van der Waals surface area (Å²) >= 11 is 0. The van der Waals surface area contributed by atoms with E-state index in [0.717, 1.165) is 25.5 Å². The number of alkyl halides is 6. The van der Waals surface area contributed by atoms with E-state index in [1.165, 1.54) is 29.0 Å². The van der Waals surface area contributed by atoms with Gasteiger partial charge in [0.15, 0.2) is 0 Å². The molecule has 4 aromatic rings. The van der Waals surface area contributed by atoms with Crippen LogP contribution in [0.1, 0.15) is 50.2 Å². The molecule has 0 amide bonds. The number of nitrogens with zero attached hydrogens (tertiary/aromatic N) is 3. The summed E-state index contributed by atoms with van der Waals surface area (Å²) in [4.78, 5) is 27.4. The Morgan fingerprint density at radius 1 is 1.02 bits per heavy atom. The molecule has 1 aliphatic rings. The van der Waals surface area contributed by atoms with Gasteiger partial charge in [0.25, 0.3) is 11.1 Å². The molecule has 3 heterocycles. The maximum absolute atomic E-state index is 14.8. The molecular formula is C28H26F7N5O2. The number of anilines is 1. The van der Waals surface area contributed by atoms with Crippen molar-refractivity contribution in [2.45, 2.75) is 63.3 Å². The number of nitrogen functional groups attached to an aromatic ring is 1. The summed E-state index contributed by atoms with van der Waals surface area (Å²) in [7, 11) is 0. The summed E-state index contributed by atoms with van der Waals surface area (Å²) in [6.07, 6.45) is -2.44. The molecule has 0 saturated heterocycles. The Hall–Kier alpha value is -4.23. The van der Waals surface area contributed by atoms with Crippen LogP contribution in [0.15, 0.2) is 58.5 Å². The Morgan fingerprint density at radius 3 is 2.26 bits per heavy atom. The fourth-order valence-corrected chi connectivity index (χ4v) is 4.64. The number of aromatic nitrogens is 4. The van der Waals surface area contributed by atoms with Gasteiger partial charge in [-0.05, 0) is 54.5 Å². The summed E-state index contributed by atoms with van der Waals surface area (Å²) in [5, 5.41) is 5.20. The van der Waals surface area contributed by atoms with Crippen molar-refractivity contribution in [3.05, 3.63) is 86.6 Å². The number of pyridine rings is 2. The van der Waals surface area contributed by atoms with Gasteiger partial charge in [-0.2, -0.15) is 31.4 Å². The monoisotopic (exact) mass is 597 g/mol. The molecule has 0 spiro atoms. The van der Waals surface area contributed by atoms with E-state index in [4.69, 9.17) is 5.73 Å². The van der Waals surface area contributed by atoms with Crippen LogP contribution in [0, 0.1) is 5.82 Å². The number of rotatable bonds is 6. The Kier molecular flexibility index (Phi) is 8.46. The number of H-pyrrole nitrogens is 1. The van der Waals surface area contributed by atoms with Crippen LogP contribution < -0.4 is 16.9 Å². The summed E-state index contributed by atoms with van der Waals surface area (Å²) in [5.74, 6) is -0.655. The Balaban J connectivity index is 0.000000283. The molecule has 0 radical (unpaired) electrons. The summed E-state index contributed by atoms with van der Waals surface area (Å²) < 4.78 is 92.1. The van der Waals surface area contributed by atoms with E-state index in [0.29, 0.717) is 23.2 Å². The largest absolute Gasteiger partial charge is 0.423 e. The lowest BCUT2D eigenvalue weighted by Gasteiger charge is -2.19. The smallest absolute Gasteiger partial charge is 0.397 e. The molecule has 7 nitrogen and oxygen atoms in total. The fourth-order valence-electron chi connectivity index (χ4n) is 4.64. The maximum atomic E-state index is 14.8. The molecule has 0 aliphatic heterocycles. The Bertz CT molecular complexity index is 1690. The van der Waals surface area contributed by atoms with Crippen molar-refractivity contribution in [3.63, 3.8) is 0 Å². The van der Waals surface area contributed by atoms with Gasteiger partial charge in [-0.25, -0.2) is 9.49 Å². The zero-order chi connectivity index (χ0) is 30.9. The van der Waals surface area contributed by atoms with Crippen LogP contribution >= 0.6 is 0 Å². The normalized spacial score (nSPS) is 14.4. The molecule has 0 bridgehead atoms. The number of benzene rings is 1. The van der Waals surface area contributed by atoms with Crippen molar-refractivity contribution in [1.82, 2.24) is 19.7 Å². The number of nitrogens with two attached hydrogens (primary N) is 1. The van der Waals surface area contributed by atoms with Gasteiger partial charge in [0.1, 0.15) is 11.4 Å². The van der Waals surface area contributed by atoms with Crippen molar-refractivity contribution in [3.8, 4) is 11.3 Å². The van der Waals surface area contributed by atoms with E-state index < -0.39 is 40.4 Å². The van der Waals surface area contributed by atoms with Crippen LogP contribution in [0.4, 0.5) is 36.4 Å². The van der Waals surface area contributed by atoms with Gasteiger partial charge in [0.05, 0.1) is 28.4 Å². The van der Waals surface area contributed by atoms with Gasteiger partial charge < -0.3 is 10.3 Å². The molecule has 1 saturated carbocycles. The third-order valence-corrected chi connectivity index (χ3v) is 7.11. The van der Waals surface area contributed by atoms with Crippen LogP contribution in [0.25, 0.3) is 22.0 Å². The van der Waals surface area contributed by atoms with Crippen LogP contribution in [0.5, 0.6) is 0 Å². The number of aromatic amines is 1. The van der Waals surface area contributed by atoms with Gasteiger partial charge in [0, 0.05) is 24.5 Å². The second kappa shape index (κ2) is 11.6. The molecule has 1 aromatic carbocycles. The second-order valence-electron chi connectivity index (χ2n) is 9.98. The second-order valence-corrected chi connectivity index (χ2v) is 9.98. The average Bonchev–Trinajstić information content (AvgIpc) is 3.72. The molecule has 14 heteroatoms. The minimum atomic E-state index is -4.74. The SMILES string of the molecule is CCCCCn1ccc2cc(-c3ccc(C4(C(F)(F)F)CC4)cn3)cc(F)c2c1=O.Nc1cn[nH]c(=O)c1C(F)(F)F. The highest BCUT2D eigenvalue weighted by Gasteiger charge is 2.64. The number of fused-ring (bicyclic) bond motifs is 1. The minimum Gasteiger partial charge on any atom is -0.397 e. The quantitative estimate of drug-likeness (QED) is 0.199. The van der Waals surface area contributed by atoms with E-state index in [1.54, 1.807) is 23.4 Å². The predicted molar refractivity (Wildman–Crippen MR) is 142 cm³/mol. The molecule has 224 valence electrons. The van der Waals surface area contributed by atoms with E-state index in [1.807, 2.05) is 0 Å². The van der Waals surface area contributed by atoms with Gasteiger partial charge in [-0.15, -0.1) is 0 Å². The van der Waals surface area contributed by atoms with Crippen LogP contribution in [-0.2, 0) is 18.1 Å². The lowest BCUT2D eigenvalue weighted by molar-refractivity contribution is -0.160. The molecule has 3 N–H and O–H groups in total. The number of halogens is 7. The van der Waals surface area contributed by atoms with Crippen molar-refractivity contribution in [1.29, 1.82) is 0 Å². The zero-order valence-electron chi connectivity index (χ0n) is 22.2. The number of hydrogen-bond donors (Lipinski definition) is 2. The van der Waals surface area contributed by atoms with Crippen LogP contribution in [-0.4, -0.2) is 25.9 Å². The van der Waals surface area contributed by atoms with Crippen molar-refractivity contribution >= 4 is 16.5 Å². The topological polar surface area (TPSA) is 107 Å². The first-order valence-corrected chi connectivity index (χ1v) is 13.0. The number of hydrogen-bond acceptors (Lipinski definition) is 5. The highest BCUT2D eigenvalue weighted by Crippen LogP contribution is 2.58. The van der Waals surface area contributed by atoms with Gasteiger partial charge in [-0.1, -0.05) is 25.8 Å². The Labute approximate surface area is 234 Å². The summed E-state index contributed by atoms with van der Waals surface area (Å²) in [6, 6.07) is 7.45. The van der Waals surface area contributed by atoms with Gasteiger partial charge in [0.2, 0.25) is 0 Å². The first kappa shape index (κ1) is 30.7. The molecule has 1 fully saturated rings. The first-order valence-electron chi connectivity index (χ1n) is 13.0. The van der Waals surface area contributed by atoms with Crippen LogP contribution in [0.3, 0.4) is 0 Å². The standard InChI is InChI=1S/C23H22F4N2O.C5H4F3N3O/c1-2-3-4-10-29-11-7-15-12-16(13-18(24)20(15)21(29)30)19-6-5-17(14-28-19)22(8-9-22)23(25,26)27;6-5(7,8)3-2(9)1-10-11-4(3)12/h5-7,11-14H,2-4,8-10H2,1H3;1H,(H3,9,11,12). The third-order valence-electron chi connectivity index (χ3n) is 7.11. The molecule has 0 unspecified atom stereocenters. The molecule has 42 heavy (non-hydrogen) atoms. The predicted octanol–water partition coefficient (Wildman–Crippen LogP) is 6.36. The number of nitrogens with one attached hydrogen (secondary N) is 1. The van der Waals surface area contributed by atoms with E-state index in [-0.39, 0.29) is 29.4 Å². The van der Waals surface area contributed by atoms with Crippen molar-refractivity contribution < 1.29 is 30.7 Å². The molecule has 1 aliphatic carbocycles. The minimum absolute atomic E-state index is 0.0170. The number of aryl methyl sites for hydroxylation is 1. The summed E-state index contributed by atoms with van der Waals surface area (Å²) in [6.45, 7) is 2.60. The maximum Gasteiger partial charge on any atom is 0.423 e. The van der Waals surface area contributed by atoms with Gasteiger partial charge >= 0.3 is 12.4 Å². The van der Waals surface area contributed by atoms with E-state index in [2.05, 4.69) is 17.0 Å². The van der Waals surface area contributed by atoms with E-state index in [9.17, 15) is 40.3 Å². The molecule has 0 atom stereocenters. The lowest BCUT2D eigenvalue weighted by Crippen LogP contribution is -2.28. The Morgan fingerprint density at radius 2 is 1.74 bits per heavy atom. The van der Waals surface area contributed by atoms with Crippen molar-refractivity contribution in [2.24, 2.45) is 0 Å². The van der Waals surface area contributed by atoms with Crippen molar-refractivity contribution in [2.75, 3.05) is 5.73 Å². The summed E-state index contributed by atoms with van der Waals surface area (Å²) in [5.41, 5.74) is 0.243. The zero-order valence-corrected chi connectivity index (χ0v) is 22.2. The van der Waals surface area contributed by atoms with E-state index >= 15 is 0 Å². The highest BCUT2D eigenvalue weighted by molar-refractivity contribution is 5.86. The average molecular weight is 598 g/mol. The number of unbranched alkanes of at least 4 members (excludes halogenated alkanes) is 2. The molecule has 3 aromatic heterocycles. The molecular weight excluding hydrogens is 571 g/mol. The third kappa shape index (κ3) is 6.16.